The fourth-order valence-corrected chi connectivity index (χ4v) is 4.47. The molecule has 0 atom stereocenters. The second-order valence-corrected chi connectivity index (χ2v) is 8.60. The summed E-state index contributed by atoms with van der Waals surface area (Å²) in [6, 6.07) is 8.56. The highest BCUT2D eigenvalue weighted by Crippen LogP contribution is 2.32. The van der Waals surface area contributed by atoms with Crippen LogP contribution in [0.5, 0.6) is 0 Å². The molecular weight excluding hydrogens is 412 g/mol. The summed E-state index contributed by atoms with van der Waals surface area (Å²) in [5, 5.41) is 18.3. The average Bonchev–Trinajstić information content (AvgIpc) is 3.48. The lowest BCUT2D eigenvalue weighted by Crippen LogP contribution is -2.46. The Hall–Kier alpha value is -3.70. The van der Waals surface area contributed by atoms with Crippen LogP contribution in [-0.4, -0.2) is 62.0 Å². The Balaban J connectivity index is 1.45. The summed E-state index contributed by atoms with van der Waals surface area (Å²) in [5.41, 5.74) is 5.24. The molecule has 1 aliphatic rings. The third kappa shape index (κ3) is 4.20. The quantitative estimate of drug-likeness (QED) is 0.456. The Labute approximate surface area is 193 Å². The van der Waals surface area contributed by atoms with Gasteiger partial charge < -0.3 is 4.90 Å². The lowest BCUT2D eigenvalue weighted by molar-refractivity contribution is 0.253. The van der Waals surface area contributed by atoms with E-state index in [0.717, 1.165) is 59.8 Å². The van der Waals surface area contributed by atoms with Crippen molar-refractivity contribution in [2.75, 3.05) is 37.6 Å². The second kappa shape index (κ2) is 9.04. The summed E-state index contributed by atoms with van der Waals surface area (Å²) in [7, 11) is 1.90. The summed E-state index contributed by atoms with van der Waals surface area (Å²) < 4.78 is 3.56. The zero-order chi connectivity index (χ0) is 22.8. The number of aryl methyl sites for hydroxylation is 1. The number of unbranched alkanes of at least 4 members (excludes halogenated alkanes) is 1. The van der Waals surface area contributed by atoms with Gasteiger partial charge in [0.15, 0.2) is 0 Å². The Morgan fingerprint density at radius 1 is 0.970 bits per heavy atom. The molecule has 4 aromatic heterocycles. The molecule has 5 heterocycles. The monoisotopic (exact) mass is 440 g/mol. The van der Waals surface area contributed by atoms with Crippen LogP contribution in [0.25, 0.3) is 27.8 Å². The van der Waals surface area contributed by atoms with Gasteiger partial charge >= 0.3 is 0 Å². The van der Waals surface area contributed by atoms with Crippen LogP contribution in [0.1, 0.15) is 25.3 Å². The molecule has 0 saturated carbocycles. The molecule has 8 nitrogen and oxygen atoms in total. The van der Waals surface area contributed by atoms with Crippen molar-refractivity contribution in [3.05, 3.63) is 54.7 Å². The van der Waals surface area contributed by atoms with E-state index in [4.69, 9.17) is 4.98 Å². The van der Waals surface area contributed by atoms with Crippen molar-refractivity contribution in [1.82, 2.24) is 29.3 Å². The predicted molar refractivity (Wildman–Crippen MR) is 129 cm³/mol. The van der Waals surface area contributed by atoms with Crippen molar-refractivity contribution in [3.8, 4) is 28.3 Å². The smallest absolute Gasteiger partial charge is 0.128 e. The topological polar surface area (TPSA) is 78.3 Å². The SMILES string of the molecule is CCCCN1CCN(c2ccc(-c3cc(-c4cnn(C)c4)cn4ncc(C#N)c34)cn2)CC1. The molecular formula is C25H28N8. The summed E-state index contributed by atoms with van der Waals surface area (Å²) in [4.78, 5) is 9.69. The lowest BCUT2D eigenvalue weighted by Gasteiger charge is -2.35. The summed E-state index contributed by atoms with van der Waals surface area (Å²) in [5.74, 6) is 1.00. The normalized spacial score (nSPS) is 14.6. The van der Waals surface area contributed by atoms with Gasteiger partial charge in [0.05, 0.1) is 23.5 Å². The zero-order valence-electron chi connectivity index (χ0n) is 19.1. The molecule has 168 valence electrons. The Morgan fingerprint density at radius 3 is 2.48 bits per heavy atom. The molecule has 0 amide bonds. The number of aromatic nitrogens is 5. The van der Waals surface area contributed by atoms with Crippen LogP contribution in [0.2, 0.25) is 0 Å². The predicted octanol–water partition coefficient (Wildman–Crippen LogP) is 3.59. The van der Waals surface area contributed by atoms with Crippen LogP contribution >= 0.6 is 0 Å². The molecule has 0 aliphatic carbocycles. The largest absolute Gasteiger partial charge is 0.354 e. The molecule has 1 aliphatic heterocycles. The number of fused-ring (bicyclic) bond motifs is 1. The van der Waals surface area contributed by atoms with Crippen LogP contribution in [0.15, 0.2) is 49.2 Å². The van der Waals surface area contributed by atoms with E-state index in [-0.39, 0.29) is 0 Å². The van der Waals surface area contributed by atoms with Gasteiger partial charge in [0.2, 0.25) is 0 Å². The van der Waals surface area contributed by atoms with E-state index in [1.165, 1.54) is 19.4 Å². The lowest BCUT2D eigenvalue weighted by atomic mass is 10.0. The summed E-state index contributed by atoms with van der Waals surface area (Å²) in [6.07, 6.45) is 11.8. The van der Waals surface area contributed by atoms with Gasteiger partial charge in [0.1, 0.15) is 11.9 Å². The Bertz CT molecular complexity index is 1290. The number of hydrogen-bond donors (Lipinski definition) is 0. The van der Waals surface area contributed by atoms with Crippen molar-refractivity contribution in [1.29, 1.82) is 5.26 Å². The fourth-order valence-electron chi connectivity index (χ4n) is 4.47. The van der Waals surface area contributed by atoms with Gasteiger partial charge in [-0.15, -0.1) is 0 Å². The first-order valence-corrected chi connectivity index (χ1v) is 11.5. The maximum atomic E-state index is 9.63. The second-order valence-electron chi connectivity index (χ2n) is 8.60. The van der Waals surface area contributed by atoms with Gasteiger partial charge in [-0.2, -0.15) is 15.5 Å². The van der Waals surface area contributed by atoms with Crippen molar-refractivity contribution in [2.24, 2.45) is 7.05 Å². The van der Waals surface area contributed by atoms with Crippen LogP contribution in [0.3, 0.4) is 0 Å². The minimum atomic E-state index is 0.551. The van der Waals surface area contributed by atoms with Gasteiger partial charge in [-0.1, -0.05) is 13.3 Å². The van der Waals surface area contributed by atoms with Gasteiger partial charge in [-0.05, 0) is 31.2 Å². The third-order valence-corrected chi connectivity index (χ3v) is 6.35. The van der Waals surface area contributed by atoms with Crippen LogP contribution in [0.4, 0.5) is 5.82 Å². The van der Waals surface area contributed by atoms with Crippen LogP contribution in [0, 0.1) is 11.3 Å². The highest BCUT2D eigenvalue weighted by Gasteiger charge is 2.19. The zero-order valence-corrected chi connectivity index (χ0v) is 19.1. The van der Waals surface area contributed by atoms with Gasteiger partial charge in [0, 0.05) is 74.1 Å². The van der Waals surface area contributed by atoms with Crippen molar-refractivity contribution in [3.63, 3.8) is 0 Å². The van der Waals surface area contributed by atoms with Gasteiger partial charge in [0.25, 0.3) is 0 Å². The molecule has 4 aromatic rings. The number of pyridine rings is 2. The van der Waals surface area contributed by atoms with E-state index in [9.17, 15) is 5.26 Å². The Kier molecular flexibility index (Phi) is 5.80. The minimum Gasteiger partial charge on any atom is -0.354 e. The molecule has 0 aromatic carbocycles. The fraction of sp³-hybridized carbons (Fsp3) is 0.360. The molecule has 0 unspecified atom stereocenters. The third-order valence-electron chi connectivity index (χ3n) is 6.35. The summed E-state index contributed by atoms with van der Waals surface area (Å²) in [6.45, 7) is 7.59. The highest BCUT2D eigenvalue weighted by molar-refractivity contribution is 5.87. The first-order valence-electron chi connectivity index (χ1n) is 11.5. The molecule has 1 saturated heterocycles. The number of piperazine rings is 1. The van der Waals surface area contributed by atoms with Crippen LogP contribution < -0.4 is 4.90 Å². The molecule has 0 N–H and O–H groups in total. The number of nitrogens with zero attached hydrogens (tertiary/aromatic N) is 8. The standard InChI is InChI=1S/C25H28N8/c1-3-4-7-31-8-10-32(11-9-31)24-6-5-19(14-27-24)23-12-20(22-16-28-30(2)17-22)18-33-25(23)21(13-26)15-29-33/h5-6,12,14-18H,3-4,7-11H2,1-2H3. The molecule has 33 heavy (non-hydrogen) atoms. The first-order chi connectivity index (χ1) is 16.2. The van der Waals surface area contributed by atoms with E-state index in [1.54, 1.807) is 15.4 Å². The van der Waals surface area contributed by atoms with E-state index in [1.807, 2.05) is 31.8 Å². The van der Waals surface area contributed by atoms with Gasteiger partial charge in [-0.25, -0.2) is 9.50 Å². The Morgan fingerprint density at radius 2 is 1.82 bits per heavy atom. The average molecular weight is 441 g/mol. The highest BCUT2D eigenvalue weighted by atomic mass is 15.3. The molecule has 8 heteroatoms. The maximum absolute atomic E-state index is 9.63. The maximum Gasteiger partial charge on any atom is 0.128 e. The molecule has 1 fully saturated rings. The number of anilines is 1. The molecule has 5 rings (SSSR count). The van der Waals surface area contributed by atoms with Crippen LogP contribution in [-0.2, 0) is 7.05 Å². The summed E-state index contributed by atoms with van der Waals surface area (Å²) >= 11 is 0. The van der Waals surface area contributed by atoms with E-state index in [0.29, 0.717) is 5.56 Å². The van der Waals surface area contributed by atoms with E-state index < -0.39 is 0 Å². The molecule has 0 spiro atoms. The minimum absolute atomic E-state index is 0.551. The van der Waals surface area contributed by atoms with E-state index in [2.05, 4.69) is 51.2 Å². The van der Waals surface area contributed by atoms with Crippen molar-refractivity contribution >= 4 is 11.3 Å². The molecule has 0 radical (unpaired) electrons. The number of nitriles is 1. The first kappa shape index (κ1) is 21.2. The molecule has 0 bridgehead atoms. The van der Waals surface area contributed by atoms with Crippen molar-refractivity contribution in [2.45, 2.75) is 19.8 Å². The number of hydrogen-bond acceptors (Lipinski definition) is 6. The van der Waals surface area contributed by atoms with Crippen molar-refractivity contribution < 1.29 is 0 Å². The van der Waals surface area contributed by atoms with E-state index >= 15 is 0 Å². The van der Waals surface area contributed by atoms with Gasteiger partial charge in [-0.3, -0.25) is 9.58 Å². The number of rotatable bonds is 6.